The van der Waals surface area contributed by atoms with Crippen molar-refractivity contribution >= 4 is 71.2 Å². The summed E-state index contributed by atoms with van der Waals surface area (Å²) >= 11 is 6.20. The Balaban J connectivity index is 1.02. The average Bonchev–Trinajstić information content (AvgIpc) is 3.68. The number of aromatic amines is 1. The van der Waals surface area contributed by atoms with Gasteiger partial charge in [0, 0.05) is 74.7 Å². The number of nitro benzene ring substituents is 1. The summed E-state index contributed by atoms with van der Waals surface area (Å²) in [6, 6.07) is 19.3. The lowest BCUT2D eigenvalue weighted by atomic mass is 9.59. The minimum Gasteiger partial charge on any atom is -0.455 e. The first-order valence-electron chi connectivity index (χ1n) is 19.6. The molecule has 60 heavy (non-hydrogen) atoms. The molecule has 3 aromatic carbocycles. The standard InChI is InChI=1S/C42H44ClN7O8S2/c1-47(2)37-11-9-34(24-38(37)50(52)53)60(56,57)46-41(51)35-10-8-32(23-39(35)58-33-22-29-13-17-44-40(29)45-26-33)48-18-20-49(21-19-48)59(54,55)27-30-12-16-42(14-3-15-42)25-36(30)28-4-6-31(43)7-5-28/h4-11,13,17,22-24,26H,3,12,14-16,18-21,25,27H2,1-2H3,(H,44,45)(H,46,51). The fourth-order valence-electron chi connectivity index (χ4n) is 8.42. The van der Waals surface area contributed by atoms with Gasteiger partial charge in [0.25, 0.3) is 21.6 Å². The Morgan fingerprint density at radius 1 is 0.983 bits per heavy atom. The molecule has 0 atom stereocenters. The number of carbonyl (C=O) groups is 1. The van der Waals surface area contributed by atoms with Crippen molar-refractivity contribution in [1.29, 1.82) is 0 Å². The van der Waals surface area contributed by atoms with Gasteiger partial charge in [0.1, 0.15) is 22.8 Å². The van der Waals surface area contributed by atoms with Crippen LogP contribution in [0.2, 0.25) is 5.02 Å². The summed E-state index contributed by atoms with van der Waals surface area (Å²) in [4.78, 5) is 35.2. The van der Waals surface area contributed by atoms with Gasteiger partial charge in [-0.1, -0.05) is 35.7 Å². The predicted molar refractivity (Wildman–Crippen MR) is 231 cm³/mol. The van der Waals surface area contributed by atoms with Crippen LogP contribution in [0, 0.1) is 15.5 Å². The van der Waals surface area contributed by atoms with E-state index in [1.807, 2.05) is 33.9 Å². The molecular weight excluding hydrogens is 830 g/mol. The third-order valence-corrected chi connectivity index (χ3v) is 15.3. The normalized spacial score (nSPS) is 17.1. The number of piperazine rings is 1. The molecule has 1 saturated heterocycles. The fraction of sp³-hybridized carbons (Fsp3) is 0.333. The SMILES string of the molecule is CN(C)c1ccc(S(=O)(=O)NC(=O)c2ccc(N3CCN(S(=O)(=O)CC4=C(c5ccc(Cl)cc5)CC5(CCC5)CC4)CC3)cc2Oc2cnc3[nH]ccc3c2)cc1[N+](=O)[O-]. The fourth-order valence-corrected chi connectivity index (χ4v) is 11.2. The third-order valence-electron chi connectivity index (χ3n) is 11.9. The number of hydrogen-bond acceptors (Lipinski definition) is 11. The summed E-state index contributed by atoms with van der Waals surface area (Å²) in [5.41, 5.74) is 4.23. The van der Waals surface area contributed by atoms with Crippen molar-refractivity contribution in [2.24, 2.45) is 5.41 Å². The molecule has 0 bridgehead atoms. The first-order chi connectivity index (χ1) is 28.6. The highest BCUT2D eigenvalue weighted by molar-refractivity contribution is 7.90. The molecule has 2 aliphatic carbocycles. The monoisotopic (exact) mass is 873 g/mol. The minimum absolute atomic E-state index is 0.0177. The van der Waals surface area contributed by atoms with Crippen LogP contribution in [0.1, 0.15) is 54.4 Å². The van der Waals surface area contributed by atoms with Gasteiger partial charge in [-0.15, -0.1) is 0 Å². The van der Waals surface area contributed by atoms with Gasteiger partial charge in [-0.2, -0.15) is 4.31 Å². The zero-order valence-electron chi connectivity index (χ0n) is 33.1. The van der Waals surface area contributed by atoms with E-state index in [4.69, 9.17) is 16.3 Å². The largest absolute Gasteiger partial charge is 0.455 e. The second-order valence-corrected chi connectivity index (χ2v) is 20.0. The predicted octanol–water partition coefficient (Wildman–Crippen LogP) is 7.36. The lowest BCUT2D eigenvalue weighted by molar-refractivity contribution is -0.384. The molecule has 8 rings (SSSR count). The van der Waals surface area contributed by atoms with Crippen molar-refractivity contribution in [3.05, 3.63) is 117 Å². The first kappa shape index (κ1) is 41.3. The number of benzene rings is 3. The molecule has 0 unspecified atom stereocenters. The number of halogens is 1. The van der Waals surface area contributed by atoms with Crippen LogP contribution >= 0.6 is 11.6 Å². The maximum atomic E-state index is 14.0. The van der Waals surface area contributed by atoms with E-state index in [9.17, 15) is 31.7 Å². The number of fused-ring (bicyclic) bond motifs is 1. The zero-order valence-corrected chi connectivity index (χ0v) is 35.4. The van der Waals surface area contributed by atoms with E-state index in [0.717, 1.165) is 47.4 Å². The number of sulfonamides is 2. The number of aromatic nitrogens is 2. The molecule has 1 amide bonds. The molecule has 1 aliphatic heterocycles. The third kappa shape index (κ3) is 8.44. The maximum Gasteiger partial charge on any atom is 0.293 e. The number of pyridine rings is 1. The number of hydrogen-bond donors (Lipinski definition) is 2. The van der Waals surface area contributed by atoms with Crippen molar-refractivity contribution in [2.75, 3.05) is 55.8 Å². The van der Waals surface area contributed by atoms with Crippen LogP contribution in [0.5, 0.6) is 11.5 Å². The molecule has 3 heterocycles. The van der Waals surface area contributed by atoms with Gasteiger partial charge in [0.15, 0.2) is 0 Å². The molecule has 2 fully saturated rings. The molecule has 314 valence electrons. The van der Waals surface area contributed by atoms with Crippen molar-refractivity contribution in [1.82, 2.24) is 19.0 Å². The van der Waals surface area contributed by atoms with Crippen LogP contribution < -0.4 is 19.3 Å². The number of amides is 1. The second kappa shape index (κ2) is 16.2. The van der Waals surface area contributed by atoms with E-state index in [1.54, 1.807) is 48.9 Å². The van der Waals surface area contributed by atoms with Crippen molar-refractivity contribution in [3.63, 3.8) is 0 Å². The zero-order chi connectivity index (χ0) is 42.4. The van der Waals surface area contributed by atoms with Gasteiger partial charge in [-0.25, -0.2) is 26.5 Å². The molecule has 3 aliphatic rings. The van der Waals surface area contributed by atoms with E-state index in [-0.39, 0.29) is 47.0 Å². The summed E-state index contributed by atoms with van der Waals surface area (Å²) in [6.45, 7) is 1.17. The highest BCUT2D eigenvalue weighted by Crippen LogP contribution is 2.55. The topological polar surface area (TPSA) is 188 Å². The van der Waals surface area contributed by atoms with Gasteiger partial charge in [0.05, 0.1) is 27.3 Å². The number of ether oxygens (including phenoxy) is 1. The van der Waals surface area contributed by atoms with Crippen molar-refractivity contribution in [3.8, 4) is 11.5 Å². The molecule has 15 nitrogen and oxygen atoms in total. The molecular formula is C42H44ClN7O8S2. The highest BCUT2D eigenvalue weighted by atomic mass is 35.5. The van der Waals surface area contributed by atoms with Gasteiger partial charge < -0.3 is 19.5 Å². The maximum absolute atomic E-state index is 14.0. The van der Waals surface area contributed by atoms with Crippen LogP contribution in [0.15, 0.2) is 95.7 Å². The van der Waals surface area contributed by atoms with Crippen molar-refractivity contribution in [2.45, 2.75) is 43.4 Å². The summed E-state index contributed by atoms with van der Waals surface area (Å²) in [7, 11) is -5.06. The summed E-state index contributed by atoms with van der Waals surface area (Å²) < 4.78 is 64.8. The minimum atomic E-state index is -4.58. The molecule has 1 spiro atoms. The van der Waals surface area contributed by atoms with E-state index >= 15 is 0 Å². The number of nitro groups is 1. The number of rotatable bonds is 12. The molecule has 5 aromatic rings. The lowest BCUT2D eigenvalue weighted by Gasteiger charge is -2.46. The smallest absolute Gasteiger partial charge is 0.293 e. The first-order valence-corrected chi connectivity index (χ1v) is 23.0. The van der Waals surface area contributed by atoms with Crippen molar-refractivity contribution < 1.29 is 31.3 Å². The molecule has 18 heteroatoms. The molecule has 0 radical (unpaired) electrons. The molecule has 1 saturated carbocycles. The van der Waals surface area contributed by atoms with E-state index in [2.05, 4.69) is 9.97 Å². The second-order valence-electron chi connectivity index (χ2n) is 15.9. The quantitative estimate of drug-likeness (QED) is 0.0942. The lowest BCUT2D eigenvalue weighted by Crippen LogP contribution is -2.49. The Bertz CT molecular complexity index is 2740. The van der Waals surface area contributed by atoms with Crippen LogP contribution in [0.25, 0.3) is 16.6 Å². The number of carbonyl (C=O) groups excluding carboxylic acids is 1. The van der Waals surface area contributed by atoms with Crippen LogP contribution in [0.4, 0.5) is 17.1 Å². The number of anilines is 2. The highest BCUT2D eigenvalue weighted by Gasteiger charge is 2.42. The number of nitrogens with one attached hydrogen (secondary N) is 2. The number of nitrogens with zero attached hydrogens (tertiary/aromatic N) is 5. The summed E-state index contributed by atoms with van der Waals surface area (Å²) in [5.74, 6) is -0.775. The van der Waals surface area contributed by atoms with Crippen LogP contribution in [-0.4, -0.2) is 88.0 Å². The molecule has 2 aromatic heterocycles. The van der Waals surface area contributed by atoms with E-state index in [1.165, 1.54) is 48.6 Å². The molecule has 2 N–H and O–H groups in total. The summed E-state index contributed by atoms with van der Waals surface area (Å²) in [5, 5.41) is 13.2. The van der Waals surface area contributed by atoms with Gasteiger partial charge in [-0.3, -0.25) is 14.9 Å². The van der Waals surface area contributed by atoms with Crippen LogP contribution in [0.3, 0.4) is 0 Å². The number of allylic oxidation sites excluding steroid dienone is 1. The Kier molecular flexibility index (Phi) is 11.1. The van der Waals surface area contributed by atoms with Gasteiger partial charge in [-0.05, 0) is 97.2 Å². The van der Waals surface area contributed by atoms with E-state index < -0.39 is 41.5 Å². The average molecular weight is 874 g/mol. The summed E-state index contributed by atoms with van der Waals surface area (Å²) in [6.07, 6.45) is 9.34. The van der Waals surface area contributed by atoms with Gasteiger partial charge >= 0.3 is 0 Å². The Labute approximate surface area is 353 Å². The Hall–Kier alpha value is -5.49. The number of H-pyrrole nitrogens is 1. The van der Waals surface area contributed by atoms with E-state index in [0.29, 0.717) is 29.4 Å². The Morgan fingerprint density at radius 2 is 1.73 bits per heavy atom. The Morgan fingerprint density at radius 3 is 2.42 bits per heavy atom. The van der Waals surface area contributed by atoms with Crippen LogP contribution in [-0.2, 0) is 20.0 Å². The van der Waals surface area contributed by atoms with Gasteiger partial charge in [0.2, 0.25) is 10.0 Å².